The molecular weight excluding hydrogens is 342 g/mol. The molecule has 3 aliphatic heterocycles. The van der Waals surface area contributed by atoms with Crippen LogP contribution in [0, 0.1) is 0 Å². The van der Waals surface area contributed by atoms with Crippen molar-refractivity contribution in [2.45, 2.75) is 37.6 Å². The quantitative estimate of drug-likeness (QED) is 0.790. The van der Waals surface area contributed by atoms with Gasteiger partial charge in [-0.25, -0.2) is 0 Å². The molecule has 6 heteroatoms. The number of rotatable bonds is 5. The van der Waals surface area contributed by atoms with Gasteiger partial charge in [-0.2, -0.15) is 0 Å². The number of amides is 2. The lowest BCUT2D eigenvalue weighted by atomic mass is 9.85. The van der Waals surface area contributed by atoms with E-state index in [0.29, 0.717) is 19.7 Å². The van der Waals surface area contributed by atoms with Gasteiger partial charge in [-0.1, -0.05) is 18.2 Å². The number of likely N-dealkylation sites (tertiary alicyclic amines) is 2. The predicted octanol–water partition coefficient (Wildman–Crippen LogP) is 1.68. The van der Waals surface area contributed by atoms with Gasteiger partial charge in [0.05, 0.1) is 13.2 Å². The molecule has 4 rings (SSSR count). The van der Waals surface area contributed by atoms with Crippen LogP contribution in [0.2, 0.25) is 0 Å². The molecule has 0 N–H and O–H groups in total. The number of hydrogen-bond donors (Lipinski definition) is 0. The zero-order chi connectivity index (χ0) is 18.9. The first-order valence-corrected chi connectivity index (χ1v) is 10.1. The first-order valence-electron chi connectivity index (χ1n) is 10.1. The lowest BCUT2D eigenvalue weighted by molar-refractivity contribution is -0.148. The Kier molecular flexibility index (Phi) is 5.19. The first kappa shape index (κ1) is 18.4. The molecule has 6 nitrogen and oxygen atoms in total. The van der Waals surface area contributed by atoms with E-state index in [9.17, 15) is 9.59 Å². The highest BCUT2D eigenvalue weighted by Gasteiger charge is 2.51. The number of ether oxygens (including phenoxy) is 1. The van der Waals surface area contributed by atoms with Crippen molar-refractivity contribution < 1.29 is 14.3 Å². The van der Waals surface area contributed by atoms with Gasteiger partial charge in [0.15, 0.2) is 0 Å². The van der Waals surface area contributed by atoms with Crippen LogP contribution in [0.25, 0.3) is 0 Å². The van der Waals surface area contributed by atoms with Crippen LogP contribution in [0.5, 0.6) is 0 Å². The maximum Gasteiger partial charge on any atom is 0.243 e. The van der Waals surface area contributed by atoms with E-state index in [-0.39, 0.29) is 11.8 Å². The Morgan fingerprint density at radius 1 is 1.15 bits per heavy atom. The number of para-hydroxylation sites is 1. The minimum atomic E-state index is -0.485. The number of carbonyl (C=O) groups excluding carboxylic acids is 2. The molecule has 146 valence electrons. The SMILES string of the molecule is COCCN1CCCC2(CCCN2CC(=O)N2CCc3ccccc32)C1=O. The maximum absolute atomic E-state index is 13.3. The number of methoxy groups -OCH3 is 1. The summed E-state index contributed by atoms with van der Waals surface area (Å²) in [5.74, 6) is 0.306. The fourth-order valence-electron chi connectivity index (χ4n) is 5.02. The minimum absolute atomic E-state index is 0.114. The molecule has 3 aliphatic rings. The summed E-state index contributed by atoms with van der Waals surface area (Å²) < 4.78 is 5.17. The Labute approximate surface area is 161 Å². The van der Waals surface area contributed by atoms with E-state index >= 15 is 0 Å². The number of anilines is 1. The van der Waals surface area contributed by atoms with Crippen LogP contribution < -0.4 is 4.90 Å². The van der Waals surface area contributed by atoms with Gasteiger partial charge in [-0.3, -0.25) is 14.5 Å². The third kappa shape index (κ3) is 3.25. The first-order chi connectivity index (χ1) is 13.2. The van der Waals surface area contributed by atoms with Crippen LogP contribution in [-0.4, -0.2) is 73.6 Å². The van der Waals surface area contributed by atoms with Crippen LogP contribution in [0.3, 0.4) is 0 Å². The predicted molar refractivity (Wildman–Crippen MR) is 104 cm³/mol. The number of hydrogen-bond acceptors (Lipinski definition) is 4. The highest BCUT2D eigenvalue weighted by atomic mass is 16.5. The van der Waals surface area contributed by atoms with Crippen LogP contribution in [0.4, 0.5) is 5.69 Å². The van der Waals surface area contributed by atoms with Gasteiger partial charge in [0.1, 0.15) is 5.54 Å². The second-order valence-corrected chi connectivity index (χ2v) is 7.87. The molecule has 0 aromatic heterocycles. The summed E-state index contributed by atoms with van der Waals surface area (Å²) in [4.78, 5) is 32.4. The highest BCUT2D eigenvalue weighted by molar-refractivity contribution is 5.97. The monoisotopic (exact) mass is 371 g/mol. The molecule has 0 saturated carbocycles. The summed E-state index contributed by atoms with van der Waals surface area (Å²) in [5.41, 5.74) is 1.79. The zero-order valence-electron chi connectivity index (χ0n) is 16.2. The largest absolute Gasteiger partial charge is 0.383 e. The average Bonchev–Trinajstić information content (AvgIpc) is 3.28. The van der Waals surface area contributed by atoms with E-state index in [1.807, 2.05) is 28.0 Å². The van der Waals surface area contributed by atoms with Gasteiger partial charge in [0, 0.05) is 32.4 Å². The Morgan fingerprint density at radius 2 is 1.93 bits per heavy atom. The Balaban J connectivity index is 1.48. The summed E-state index contributed by atoms with van der Waals surface area (Å²) in [6, 6.07) is 8.13. The zero-order valence-corrected chi connectivity index (χ0v) is 16.2. The Hall–Kier alpha value is -1.92. The van der Waals surface area contributed by atoms with Crippen molar-refractivity contribution in [3.63, 3.8) is 0 Å². The van der Waals surface area contributed by atoms with E-state index in [2.05, 4.69) is 11.0 Å². The van der Waals surface area contributed by atoms with Crippen LogP contribution in [0.15, 0.2) is 24.3 Å². The fourth-order valence-corrected chi connectivity index (χ4v) is 5.02. The molecule has 2 fully saturated rings. The van der Waals surface area contributed by atoms with Gasteiger partial charge >= 0.3 is 0 Å². The number of nitrogens with zero attached hydrogens (tertiary/aromatic N) is 3. The van der Waals surface area contributed by atoms with E-state index < -0.39 is 5.54 Å². The maximum atomic E-state index is 13.3. The van der Waals surface area contributed by atoms with Gasteiger partial charge in [-0.05, 0) is 50.3 Å². The molecule has 1 unspecified atom stereocenters. The van der Waals surface area contributed by atoms with E-state index in [1.54, 1.807) is 7.11 Å². The third-order valence-electron chi connectivity index (χ3n) is 6.41. The summed E-state index contributed by atoms with van der Waals surface area (Å²) in [6.07, 6.45) is 4.61. The smallest absolute Gasteiger partial charge is 0.243 e. The van der Waals surface area contributed by atoms with Gasteiger partial charge in [-0.15, -0.1) is 0 Å². The third-order valence-corrected chi connectivity index (χ3v) is 6.41. The van der Waals surface area contributed by atoms with Crippen molar-refractivity contribution in [1.82, 2.24) is 9.80 Å². The molecule has 1 aromatic rings. The number of fused-ring (bicyclic) bond motifs is 1. The van der Waals surface area contributed by atoms with Crippen molar-refractivity contribution in [3.8, 4) is 0 Å². The summed E-state index contributed by atoms with van der Waals surface area (Å²) in [6.45, 7) is 3.89. The van der Waals surface area contributed by atoms with Gasteiger partial charge < -0.3 is 14.5 Å². The fraction of sp³-hybridized carbons (Fsp3) is 0.619. The molecule has 0 radical (unpaired) electrons. The molecule has 2 amide bonds. The standard InChI is InChI=1S/C21H29N3O3/c1-27-15-14-22-11-4-9-21(20(22)26)10-5-12-23(21)16-19(25)24-13-8-17-6-2-3-7-18(17)24/h2-3,6-7H,4-5,8-16H2,1H3. The Morgan fingerprint density at radius 3 is 2.74 bits per heavy atom. The van der Waals surface area contributed by atoms with Crippen LogP contribution in [0.1, 0.15) is 31.2 Å². The van der Waals surface area contributed by atoms with E-state index in [1.165, 1.54) is 5.56 Å². The van der Waals surface area contributed by atoms with Crippen molar-refractivity contribution in [1.29, 1.82) is 0 Å². The number of benzene rings is 1. The van der Waals surface area contributed by atoms with Gasteiger partial charge in [0.25, 0.3) is 0 Å². The second kappa shape index (κ2) is 7.60. The minimum Gasteiger partial charge on any atom is -0.383 e. The van der Waals surface area contributed by atoms with Gasteiger partial charge in [0.2, 0.25) is 11.8 Å². The summed E-state index contributed by atoms with van der Waals surface area (Å²) in [7, 11) is 1.67. The second-order valence-electron chi connectivity index (χ2n) is 7.87. The van der Waals surface area contributed by atoms with Crippen molar-refractivity contribution in [2.24, 2.45) is 0 Å². The molecular formula is C21H29N3O3. The normalized spacial score (nSPS) is 25.4. The molecule has 27 heavy (non-hydrogen) atoms. The summed E-state index contributed by atoms with van der Waals surface area (Å²) in [5, 5.41) is 0. The Bertz CT molecular complexity index is 722. The van der Waals surface area contributed by atoms with E-state index in [4.69, 9.17) is 4.74 Å². The topological polar surface area (TPSA) is 53.1 Å². The van der Waals surface area contributed by atoms with E-state index in [0.717, 1.165) is 57.4 Å². The molecule has 0 bridgehead atoms. The molecule has 0 aliphatic carbocycles. The van der Waals surface area contributed by atoms with Crippen LogP contribution in [-0.2, 0) is 20.7 Å². The average molecular weight is 371 g/mol. The van der Waals surface area contributed by atoms with Crippen molar-refractivity contribution in [3.05, 3.63) is 29.8 Å². The van der Waals surface area contributed by atoms with Crippen molar-refractivity contribution >= 4 is 17.5 Å². The molecule has 1 aromatic carbocycles. The highest BCUT2D eigenvalue weighted by Crippen LogP contribution is 2.38. The number of carbonyl (C=O) groups is 2. The lowest BCUT2D eigenvalue weighted by Crippen LogP contribution is -2.61. The molecule has 1 spiro atoms. The molecule has 3 heterocycles. The molecule has 2 saturated heterocycles. The van der Waals surface area contributed by atoms with Crippen molar-refractivity contribution in [2.75, 3.05) is 51.3 Å². The number of piperidine rings is 1. The lowest BCUT2D eigenvalue weighted by Gasteiger charge is -2.44. The molecule has 1 atom stereocenters. The van der Waals surface area contributed by atoms with Crippen LogP contribution >= 0.6 is 0 Å². The summed E-state index contributed by atoms with van der Waals surface area (Å²) >= 11 is 0.